The van der Waals surface area contributed by atoms with Crippen LogP contribution in [0.15, 0.2) is 35.3 Å². The average molecular weight is 409 g/mol. The first kappa shape index (κ1) is 19.0. The van der Waals surface area contributed by atoms with Crippen LogP contribution in [0.25, 0.3) is 0 Å². The van der Waals surface area contributed by atoms with Crippen LogP contribution in [0.5, 0.6) is 0 Å². The number of aromatic amines is 1. The molecule has 0 spiro atoms. The maximum absolute atomic E-state index is 13.5. The predicted octanol–water partition coefficient (Wildman–Crippen LogP) is 2.58. The van der Waals surface area contributed by atoms with Crippen molar-refractivity contribution in [3.05, 3.63) is 68.9 Å². The molecule has 1 aliphatic carbocycles. The van der Waals surface area contributed by atoms with E-state index in [9.17, 15) is 18.8 Å². The molecule has 3 heterocycles. The Labute approximate surface area is 173 Å². The quantitative estimate of drug-likeness (QED) is 0.829. The van der Waals surface area contributed by atoms with Gasteiger partial charge < -0.3 is 14.8 Å². The van der Waals surface area contributed by atoms with E-state index < -0.39 is 5.82 Å². The second-order valence-electron chi connectivity index (χ2n) is 8.64. The topological polar surface area (TPSA) is 73.5 Å². The van der Waals surface area contributed by atoms with Crippen molar-refractivity contribution in [2.75, 3.05) is 19.6 Å². The molecular formula is C23H24FN3O3. The lowest BCUT2D eigenvalue weighted by atomic mass is 9.95. The number of benzene rings is 1. The van der Waals surface area contributed by atoms with Crippen LogP contribution in [-0.4, -0.2) is 46.2 Å². The van der Waals surface area contributed by atoms with Crippen LogP contribution in [0, 0.1) is 17.7 Å². The molecule has 5 rings (SSSR count). The predicted molar refractivity (Wildman–Crippen MR) is 109 cm³/mol. The molecule has 1 N–H and O–H groups in total. The molecule has 2 atom stereocenters. The lowest BCUT2D eigenvalue weighted by Crippen LogP contribution is -2.40. The Kier molecular flexibility index (Phi) is 4.68. The van der Waals surface area contributed by atoms with Gasteiger partial charge in [-0.25, -0.2) is 4.39 Å². The van der Waals surface area contributed by atoms with E-state index in [4.69, 9.17) is 0 Å². The van der Waals surface area contributed by atoms with Crippen molar-refractivity contribution in [2.45, 2.75) is 32.2 Å². The van der Waals surface area contributed by atoms with Gasteiger partial charge in [0.05, 0.1) is 0 Å². The number of fused-ring (bicyclic) bond motifs is 2. The molecule has 2 aromatic rings. The summed E-state index contributed by atoms with van der Waals surface area (Å²) in [6.07, 6.45) is 5.58. The molecule has 1 aromatic carbocycles. The molecule has 7 heteroatoms. The highest BCUT2D eigenvalue weighted by atomic mass is 19.1. The van der Waals surface area contributed by atoms with Gasteiger partial charge in [-0.15, -0.1) is 0 Å². The third-order valence-corrected chi connectivity index (χ3v) is 6.87. The maximum atomic E-state index is 13.5. The van der Waals surface area contributed by atoms with Gasteiger partial charge in [-0.05, 0) is 60.4 Å². The molecule has 0 unspecified atom stereocenters. The number of H-pyrrole nitrogens is 1. The number of nitrogens with one attached hydrogen (secondary N) is 1. The summed E-state index contributed by atoms with van der Waals surface area (Å²) in [5.41, 5.74) is 1.67. The number of nitrogens with zero attached hydrogens (tertiary/aromatic N) is 2. The Morgan fingerprint density at radius 1 is 1.07 bits per heavy atom. The zero-order valence-corrected chi connectivity index (χ0v) is 16.7. The summed E-state index contributed by atoms with van der Waals surface area (Å²) in [5, 5.41) is 0. The minimum atomic E-state index is -0.453. The monoisotopic (exact) mass is 409 g/mol. The highest BCUT2D eigenvalue weighted by Crippen LogP contribution is 2.38. The smallest absolute Gasteiger partial charge is 0.261 e. The number of carbonyl (C=O) groups excluding carboxylic acids is 2. The summed E-state index contributed by atoms with van der Waals surface area (Å²) in [6, 6.07) is 5.63. The van der Waals surface area contributed by atoms with E-state index in [1.807, 2.05) is 4.90 Å². The summed E-state index contributed by atoms with van der Waals surface area (Å²) in [4.78, 5) is 44.8. The minimum absolute atomic E-state index is 0.188. The van der Waals surface area contributed by atoms with Gasteiger partial charge in [-0.1, -0.05) is 12.5 Å². The SMILES string of the molecule is O=C(c1cccc(F)c1)N1CCc2c(c[nH]c(=O)c2C(=O)N2C[C@H]3CCC[C@H]3C2)C1. The highest BCUT2D eigenvalue weighted by Gasteiger charge is 2.39. The first-order chi connectivity index (χ1) is 14.5. The van der Waals surface area contributed by atoms with E-state index in [1.54, 1.807) is 17.2 Å². The average Bonchev–Trinajstić information content (AvgIpc) is 3.35. The summed E-state index contributed by atoms with van der Waals surface area (Å²) < 4.78 is 13.5. The van der Waals surface area contributed by atoms with E-state index in [0.29, 0.717) is 30.4 Å². The minimum Gasteiger partial charge on any atom is -0.338 e. The number of rotatable bonds is 2. The van der Waals surface area contributed by atoms with Gasteiger partial charge in [0.2, 0.25) is 0 Å². The van der Waals surface area contributed by atoms with Crippen LogP contribution in [0.4, 0.5) is 4.39 Å². The van der Waals surface area contributed by atoms with E-state index >= 15 is 0 Å². The van der Waals surface area contributed by atoms with Crippen LogP contribution in [0.3, 0.4) is 0 Å². The number of hydrogen-bond acceptors (Lipinski definition) is 3. The molecule has 156 valence electrons. The Morgan fingerprint density at radius 3 is 2.57 bits per heavy atom. The van der Waals surface area contributed by atoms with Crippen LogP contribution >= 0.6 is 0 Å². The normalized spacial score (nSPS) is 22.7. The van der Waals surface area contributed by atoms with Crippen LogP contribution in [0.2, 0.25) is 0 Å². The molecule has 1 saturated carbocycles. The Balaban J connectivity index is 1.40. The van der Waals surface area contributed by atoms with Gasteiger partial charge in [-0.2, -0.15) is 0 Å². The molecule has 2 amide bonds. The zero-order valence-electron chi connectivity index (χ0n) is 16.7. The van der Waals surface area contributed by atoms with Crippen LogP contribution in [0.1, 0.15) is 51.1 Å². The van der Waals surface area contributed by atoms with Crippen molar-refractivity contribution in [1.29, 1.82) is 0 Å². The Hall–Kier alpha value is -2.96. The molecular weight excluding hydrogens is 385 g/mol. The van der Waals surface area contributed by atoms with E-state index in [0.717, 1.165) is 37.1 Å². The summed E-state index contributed by atoms with van der Waals surface area (Å²) in [6.45, 7) is 2.14. The van der Waals surface area contributed by atoms with Crippen molar-refractivity contribution < 1.29 is 14.0 Å². The molecule has 0 bridgehead atoms. The molecule has 1 aromatic heterocycles. The summed E-state index contributed by atoms with van der Waals surface area (Å²) in [5.74, 6) is 0.226. The van der Waals surface area contributed by atoms with Crippen molar-refractivity contribution >= 4 is 11.8 Å². The fourth-order valence-electron chi connectivity index (χ4n) is 5.33. The fourth-order valence-corrected chi connectivity index (χ4v) is 5.33. The van der Waals surface area contributed by atoms with Gasteiger partial charge >= 0.3 is 0 Å². The molecule has 30 heavy (non-hydrogen) atoms. The lowest BCUT2D eigenvalue weighted by Gasteiger charge is -2.30. The molecule has 0 radical (unpaired) electrons. The highest BCUT2D eigenvalue weighted by molar-refractivity contribution is 5.97. The van der Waals surface area contributed by atoms with Crippen LogP contribution < -0.4 is 5.56 Å². The zero-order chi connectivity index (χ0) is 20.8. The third-order valence-electron chi connectivity index (χ3n) is 6.87. The van der Waals surface area contributed by atoms with Crippen molar-refractivity contribution in [3.8, 4) is 0 Å². The number of amides is 2. The number of likely N-dealkylation sites (tertiary alicyclic amines) is 1. The van der Waals surface area contributed by atoms with Gasteiger partial charge in [0.25, 0.3) is 17.4 Å². The third kappa shape index (κ3) is 3.22. The van der Waals surface area contributed by atoms with Gasteiger partial charge in [0.1, 0.15) is 11.4 Å². The maximum Gasteiger partial charge on any atom is 0.261 e. The molecule has 2 fully saturated rings. The van der Waals surface area contributed by atoms with Crippen molar-refractivity contribution in [1.82, 2.24) is 14.8 Å². The van der Waals surface area contributed by atoms with Gasteiger partial charge in [-0.3, -0.25) is 14.4 Å². The molecule has 1 saturated heterocycles. The van der Waals surface area contributed by atoms with Crippen LogP contribution in [-0.2, 0) is 13.0 Å². The number of halogens is 1. The first-order valence-electron chi connectivity index (χ1n) is 10.6. The molecule has 2 aliphatic heterocycles. The van der Waals surface area contributed by atoms with E-state index in [2.05, 4.69) is 4.98 Å². The second-order valence-corrected chi connectivity index (χ2v) is 8.64. The molecule has 3 aliphatic rings. The summed E-state index contributed by atoms with van der Waals surface area (Å²) in [7, 11) is 0. The first-order valence-corrected chi connectivity index (χ1v) is 10.6. The second kappa shape index (κ2) is 7.38. The van der Waals surface area contributed by atoms with E-state index in [1.165, 1.54) is 24.6 Å². The lowest BCUT2D eigenvalue weighted by molar-refractivity contribution is 0.0732. The van der Waals surface area contributed by atoms with Crippen molar-refractivity contribution in [3.63, 3.8) is 0 Å². The Morgan fingerprint density at radius 2 is 1.83 bits per heavy atom. The molecule has 6 nitrogen and oxygen atoms in total. The largest absolute Gasteiger partial charge is 0.338 e. The number of pyridine rings is 1. The van der Waals surface area contributed by atoms with Gasteiger partial charge in [0, 0.05) is 37.9 Å². The van der Waals surface area contributed by atoms with Crippen molar-refractivity contribution in [2.24, 2.45) is 11.8 Å². The van der Waals surface area contributed by atoms with Gasteiger partial charge in [0.15, 0.2) is 0 Å². The standard InChI is InChI=1S/C23H24FN3O3/c24-18-6-2-3-14(9-18)22(29)26-8-7-19-17(13-26)10-25-21(28)20(19)23(30)27-11-15-4-1-5-16(15)12-27/h2-3,6,9-10,15-16H,1,4-5,7-8,11-13H2,(H,25,28)/t15-,16+. The van der Waals surface area contributed by atoms with E-state index in [-0.39, 0.29) is 29.5 Å². The summed E-state index contributed by atoms with van der Waals surface area (Å²) >= 11 is 0. The number of carbonyl (C=O) groups is 2. The number of aromatic nitrogens is 1. The Bertz CT molecular complexity index is 1070. The fraction of sp³-hybridized carbons (Fsp3) is 0.435. The number of hydrogen-bond donors (Lipinski definition) is 1.